The van der Waals surface area contributed by atoms with E-state index >= 15 is 0 Å². The van der Waals surface area contributed by atoms with Crippen LogP contribution in [0, 0.1) is 0 Å². The number of carbonyl (C=O) groups is 1. The van der Waals surface area contributed by atoms with E-state index in [2.05, 4.69) is 27.6 Å². The molecule has 1 aliphatic heterocycles. The van der Waals surface area contributed by atoms with Gasteiger partial charge in [-0.15, -0.1) is 11.3 Å². The van der Waals surface area contributed by atoms with Gasteiger partial charge in [0.25, 0.3) is 0 Å². The molecular formula is C12H20N4OS. The SMILES string of the molecule is CN(C)C(=O)Cc1nc(CN(C)C2CNC2)cs1. The van der Waals surface area contributed by atoms with Crippen LogP contribution in [-0.4, -0.2) is 61.0 Å². The van der Waals surface area contributed by atoms with Crippen LogP contribution in [0.4, 0.5) is 0 Å². The van der Waals surface area contributed by atoms with Crippen LogP contribution in [0.5, 0.6) is 0 Å². The van der Waals surface area contributed by atoms with Crippen LogP contribution >= 0.6 is 11.3 Å². The highest BCUT2D eigenvalue weighted by atomic mass is 32.1. The van der Waals surface area contributed by atoms with Crippen molar-refractivity contribution in [1.29, 1.82) is 0 Å². The second kappa shape index (κ2) is 5.77. The van der Waals surface area contributed by atoms with Crippen LogP contribution in [0.2, 0.25) is 0 Å². The van der Waals surface area contributed by atoms with Crippen LogP contribution in [0.3, 0.4) is 0 Å². The molecule has 1 aliphatic rings. The quantitative estimate of drug-likeness (QED) is 0.827. The van der Waals surface area contributed by atoms with Crippen molar-refractivity contribution in [2.24, 2.45) is 0 Å². The first-order valence-electron chi connectivity index (χ1n) is 6.10. The minimum Gasteiger partial charge on any atom is -0.348 e. The van der Waals surface area contributed by atoms with E-state index < -0.39 is 0 Å². The summed E-state index contributed by atoms with van der Waals surface area (Å²) in [4.78, 5) is 20.0. The molecule has 0 saturated carbocycles. The number of rotatable bonds is 5. The summed E-state index contributed by atoms with van der Waals surface area (Å²) in [6.45, 7) is 2.98. The van der Waals surface area contributed by atoms with Gasteiger partial charge in [0.1, 0.15) is 5.01 Å². The van der Waals surface area contributed by atoms with Crippen molar-refractivity contribution in [3.05, 3.63) is 16.1 Å². The molecule has 0 unspecified atom stereocenters. The summed E-state index contributed by atoms with van der Waals surface area (Å²) in [7, 11) is 5.66. The normalized spacial score (nSPS) is 15.8. The average molecular weight is 268 g/mol. The van der Waals surface area contributed by atoms with Crippen LogP contribution in [0.1, 0.15) is 10.7 Å². The van der Waals surface area contributed by atoms with Crippen LogP contribution in [0.25, 0.3) is 0 Å². The van der Waals surface area contributed by atoms with Gasteiger partial charge < -0.3 is 10.2 Å². The van der Waals surface area contributed by atoms with Gasteiger partial charge in [-0.25, -0.2) is 4.98 Å². The Bertz CT molecular complexity index is 414. The number of nitrogens with one attached hydrogen (secondary N) is 1. The molecule has 0 atom stereocenters. The van der Waals surface area contributed by atoms with E-state index in [1.54, 1.807) is 30.3 Å². The van der Waals surface area contributed by atoms with E-state index in [0.29, 0.717) is 12.5 Å². The van der Waals surface area contributed by atoms with Gasteiger partial charge in [0.2, 0.25) is 5.91 Å². The molecule has 5 nitrogen and oxygen atoms in total. The molecule has 0 aliphatic carbocycles. The second-order valence-electron chi connectivity index (χ2n) is 4.92. The van der Waals surface area contributed by atoms with Gasteiger partial charge in [0.05, 0.1) is 12.1 Å². The maximum absolute atomic E-state index is 11.6. The lowest BCUT2D eigenvalue weighted by Crippen LogP contribution is -2.55. The Balaban J connectivity index is 1.87. The number of aromatic nitrogens is 1. The van der Waals surface area contributed by atoms with E-state index in [1.165, 1.54) is 0 Å². The number of likely N-dealkylation sites (N-methyl/N-ethyl adjacent to an activating group) is 2. The first-order chi connectivity index (χ1) is 8.56. The third-order valence-corrected chi connectivity index (χ3v) is 4.09. The van der Waals surface area contributed by atoms with Gasteiger partial charge in [0.15, 0.2) is 0 Å². The van der Waals surface area contributed by atoms with Crippen molar-refractivity contribution in [2.75, 3.05) is 34.2 Å². The Morgan fingerprint density at radius 2 is 2.22 bits per heavy atom. The minimum absolute atomic E-state index is 0.104. The predicted molar refractivity (Wildman–Crippen MR) is 72.6 cm³/mol. The smallest absolute Gasteiger partial charge is 0.228 e. The molecule has 0 radical (unpaired) electrons. The van der Waals surface area contributed by atoms with Crippen molar-refractivity contribution in [3.8, 4) is 0 Å². The Morgan fingerprint density at radius 1 is 1.50 bits per heavy atom. The molecule has 2 rings (SSSR count). The summed E-state index contributed by atoms with van der Waals surface area (Å²) in [6.07, 6.45) is 0.409. The standard InChI is InChI=1S/C12H20N4OS/c1-15(2)12(17)4-11-14-9(8-18-11)7-16(3)10-5-13-6-10/h8,10,13H,4-7H2,1-3H3. The van der Waals surface area contributed by atoms with E-state index in [9.17, 15) is 4.79 Å². The maximum atomic E-state index is 11.6. The zero-order chi connectivity index (χ0) is 13.1. The minimum atomic E-state index is 0.104. The van der Waals surface area contributed by atoms with Gasteiger partial charge in [-0.2, -0.15) is 0 Å². The van der Waals surface area contributed by atoms with Gasteiger partial charge in [-0.3, -0.25) is 9.69 Å². The fourth-order valence-electron chi connectivity index (χ4n) is 1.76. The van der Waals surface area contributed by atoms with E-state index in [0.717, 1.165) is 30.3 Å². The van der Waals surface area contributed by atoms with Crippen LogP contribution in [-0.2, 0) is 17.8 Å². The first kappa shape index (κ1) is 13.5. The molecule has 0 bridgehead atoms. The molecule has 1 amide bonds. The monoisotopic (exact) mass is 268 g/mol. The van der Waals surface area contributed by atoms with Gasteiger partial charge >= 0.3 is 0 Å². The highest BCUT2D eigenvalue weighted by Gasteiger charge is 2.22. The van der Waals surface area contributed by atoms with Crippen molar-refractivity contribution >= 4 is 17.2 Å². The summed E-state index contributed by atoms with van der Waals surface area (Å²) in [5, 5.41) is 6.22. The van der Waals surface area contributed by atoms with E-state index in [-0.39, 0.29) is 5.91 Å². The maximum Gasteiger partial charge on any atom is 0.228 e. The zero-order valence-electron chi connectivity index (χ0n) is 11.1. The summed E-state index contributed by atoms with van der Waals surface area (Å²) in [5.41, 5.74) is 1.07. The molecule has 2 heterocycles. The number of carbonyl (C=O) groups excluding carboxylic acids is 1. The highest BCUT2D eigenvalue weighted by Crippen LogP contribution is 2.14. The van der Waals surface area contributed by atoms with E-state index in [4.69, 9.17) is 0 Å². The summed E-state index contributed by atoms with van der Waals surface area (Å²) in [5.74, 6) is 0.104. The van der Waals surface area contributed by atoms with Gasteiger partial charge in [-0.1, -0.05) is 0 Å². The highest BCUT2D eigenvalue weighted by molar-refractivity contribution is 7.09. The lowest BCUT2D eigenvalue weighted by Gasteiger charge is -2.35. The molecule has 6 heteroatoms. The molecule has 100 valence electrons. The fraction of sp³-hybridized carbons (Fsp3) is 0.667. The number of thiazole rings is 1. The van der Waals surface area contributed by atoms with Gasteiger partial charge in [0, 0.05) is 45.2 Å². The summed E-state index contributed by atoms with van der Waals surface area (Å²) in [6, 6.07) is 0.624. The largest absolute Gasteiger partial charge is 0.348 e. The predicted octanol–water partition coefficient (Wildman–Crippen LogP) is 0.177. The lowest BCUT2D eigenvalue weighted by atomic mass is 10.1. The van der Waals surface area contributed by atoms with Crippen molar-refractivity contribution in [2.45, 2.75) is 19.0 Å². The number of hydrogen-bond acceptors (Lipinski definition) is 5. The third-order valence-electron chi connectivity index (χ3n) is 3.20. The third kappa shape index (κ3) is 3.28. The molecular weight excluding hydrogens is 248 g/mol. The Kier molecular flexibility index (Phi) is 4.31. The molecule has 18 heavy (non-hydrogen) atoms. The topological polar surface area (TPSA) is 48.5 Å². The molecule has 1 aromatic heterocycles. The van der Waals surface area contributed by atoms with Crippen molar-refractivity contribution in [3.63, 3.8) is 0 Å². The lowest BCUT2D eigenvalue weighted by molar-refractivity contribution is -0.127. The fourth-order valence-corrected chi connectivity index (χ4v) is 2.54. The number of nitrogens with zero attached hydrogens (tertiary/aromatic N) is 3. The summed E-state index contributed by atoms with van der Waals surface area (Å²) >= 11 is 1.57. The number of hydrogen-bond donors (Lipinski definition) is 1. The average Bonchev–Trinajstić information content (AvgIpc) is 2.62. The molecule has 0 spiro atoms. The second-order valence-corrected chi connectivity index (χ2v) is 5.87. The molecule has 0 aromatic carbocycles. The zero-order valence-corrected chi connectivity index (χ0v) is 12.0. The van der Waals surface area contributed by atoms with Crippen LogP contribution < -0.4 is 5.32 Å². The van der Waals surface area contributed by atoms with Crippen molar-refractivity contribution < 1.29 is 4.79 Å². The molecule has 1 fully saturated rings. The van der Waals surface area contributed by atoms with Crippen molar-refractivity contribution in [1.82, 2.24) is 20.1 Å². The molecule has 1 aromatic rings. The van der Waals surface area contributed by atoms with E-state index in [1.807, 2.05) is 0 Å². The Morgan fingerprint density at radius 3 is 2.78 bits per heavy atom. The van der Waals surface area contributed by atoms with Crippen LogP contribution in [0.15, 0.2) is 5.38 Å². The van der Waals surface area contributed by atoms with Gasteiger partial charge in [-0.05, 0) is 7.05 Å². The first-order valence-corrected chi connectivity index (χ1v) is 6.98. The Labute approximate surface area is 112 Å². The summed E-state index contributed by atoms with van der Waals surface area (Å²) < 4.78 is 0. The number of amides is 1. The molecule has 1 N–H and O–H groups in total. The Hall–Kier alpha value is -0.980. The molecule has 1 saturated heterocycles.